The third-order valence-corrected chi connectivity index (χ3v) is 5.14. The molecule has 0 unspecified atom stereocenters. The van der Waals surface area contributed by atoms with Gasteiger partial charge in [-0.05, 0) is 35.4 Å². The van der Waals surface area contributed by atoms with Gasteiger partial charge in [0.25, 0.3) is 0 Å². The molecule has 0 bridgehead atoms. The monoisotopic (exact) mass is 395 g/mol. The number of sulfone groups is 1. The van der Waals surface area contributed by atoms with Gasteiger partial charge in [-0.15, -0.1) is 0 Å². The van der Waals surface area contributed by atoms with Crippen molar-refractivity contribution in [3.63, 3.8) is 0 Å². The van der Waals surface area contributed by atoms with E-state index in [0.29, 0.717) is 11.7 Å². The molecule has 0 radical (unpaired) electrons. The second-order valence-electron chi connectivity index (χ2n) is 4.99. The number of hydrogen-bond acceptors (Lipinski definition) is 5. The summed E-state index contributed by atoms with van der Waals surface area (Å²) in [7, 11) is -1.31. The highest BCUT2D eigenvalue weighted by Gasteiger charge is 2.24. The summed E-state index contributed by atoms with van der Waals surface area (Å²) in [5.74, 6) is 1.48. The van der Waals surface area contributed by atoms with Gasteiger partial charge in [0.05, 0.1) is 9.26 Å². The number of rotatable bonds is 4. The van der Waals surface area contributed by atoms with Crippen LogP contribution in [0, 0.1) is 3.57 Å². The van der Waals surface area contributed by atoms with Crippen LogP contribution in [0.25, 0.3) is 0 Å². The van der Waals surface area contributed by atoms with Crippen LogP contribution < -0.4 is 5.32 Å². The quantitative estimate of drug-likeness (QED) is 0.793. The summed E-state index contributed by atoms with van der Waals surface area (Å²) in [6, 6.07) is 0. The van der Waals surface area contributed by atoms with Crippen LogP contribution in [0.1, 0.15) is 43.1 Å². The summed E-state index contributed by atoms with van der Waals surface area (Å²) in [5, 5.41) is 3.03. The van der Waals surface area contributed by atoms with E-state index in [4.69, 9.17) is 0 Å². The maximum absolute atomic E-state index is 11.4. The number of halogens is 1. The standard InChI is InChI=1S/C12H18IN3O2S/c1-14-12-10(13)11(8-5-3-4-6-8)15-9(16-12)7-19(2,17)18/h8H,3-7H2,1-2H3,(H,14,15,16). The summed E-state index contributed by atoms with van der Waals surface area (Å²) < 4.78 is 23.8. The number of anilines is 1. The Morgan fingerprint density at radius 2 is 1.95 bits per heavy atom. The van der Waals surface area contributed by atoms with Crippen LogP contribution in [-0.2, 0) is 15.6 Å². The lowest BCUT2D eigenvalue weighted by atomic mass is 10.0. The Hall–Kier alpha value is -0.440. The molecule has 1 N–H and O–H groups in total. The molecule has 1 aromatic rings. The average molecular weight is 395 g/mol. The molecule has 0 amide bonds. The molecule has 7 heteroatoms. The van der Waals surface area contributed by atoms with Crippen LogP contribution in [0.15, 0.2) is 0 Å². The van der Waals surface area contributed by atoms with Crippen LogP contribution in [0.3, 0.4) is 0 Å². The van der Waals surface area contributed by atoms with Crippen LogP contribution in [0.4, 0.5) is 5.82 Å². The fourth-order valence-electron chi connectivity index (χ4n) is 2.45. The number of aromatic nitrogens is 2. The van der Waals surface area contributed by atoms with E-state index in [2.05, 4.69) is 37.9 Å². The predicted octanol–water partition coefficient (Wildman–Crippen LogP) is 2.33. The highest BCUT2D eigenvalue weighted by molar-refractivity contribution is 14.1. The maximum Gasteiger partial charge on any atom is 0.154 e. The third kappa shape index (κ3) is 3.77. The molecule has 106 valence electrons. The van der Waals surface area contributed by atoms with Gasteiger partial charge in [-0.2, -0.15) is 0 Å². The zero-order chi connectivity index (χ0) is 14.0. The lowest BCUT2D eigenvalue weighted by molar-refractivity contribution is 0.599. The van der Waals surface area contributed by atoms with Gasteiger partial charge < -0.3 is 5.32 Å². The van der Waals surface area contributed by atoms with E-state index < -0.39 is 9.84 Å². The summed E-state index contributed by atoms with van der Waals surface area (Å²) in [6.45, 7) is 0. The zero-order valence-corrected chi connectivity index (χ0v) is 14.1. The SMILES string of the molecule is CNc1nc(CS(C)(=O)=O)nc(C2CCCC2)c1I. The molecule has 1 heterocycles. The maximum atomic E-state index is 11.4. The van der Waals surface area contributed by atoms with Crippen molar-refractivity contribution in [1.29, 1.82) is 0 Å². The molecular formula is C12H18IN3O2S. The van der Waals surface area contributed by atoms with Gasteiger partial charge >= 0.3 is 0 Å². The van der Waals surface area contributed by atoms with Gasteiger partial charge in [-0.3, -0.25) is 0 Å². The molecule has 0 atom stereocenters. The van der Waals surface area contributed by atoms with E-state index in [0.717, 1.165) is 27.9 Å². The van der Waals surface area contributed by atoms with E-state index in [1.807, 2.05) is 0 Å². The fraction of sp³-hybridized carbons (Fsp3) is 0.667. The summed E-state index contributed by atoms with van der Waals surface area (Å²) in [6.07, 6.45) is 5.92. The molecule has 2 rings (SSSR count). The molecule has 1 aliphatic rings. The van der Waals surface area contributed by atoms with Gasteiger partial charge in [-0.25, -0.2) is 18.4 Å². The Morgan fingerprint density at radius 3 is 2.47 bits per heavy atom. The first-order chi connectivity index (χ1) is 8.90. The third-order valence-electron chi connectivity index (χ3n) is 3.29. The molecule has 0 saturated heterocycles. The fourth-order valence-corrected chi connectivity index (χ4v) is 4.00. The highest BCUT2D eigenvalue weighted by atomic mass is 127. The van der Waals surface area contributed by atoms with Gasteiger partial charge in [0, 0.05) is 19.2 Å². The van der Waals surface area contributed by atoms with E-state index in [1.54, 1.807) is 7.05 Å². The van der Waals surface area contributed by atoms with Crippen molar-refractivity contribution >= 4 is 38.2 Å². The van der Waals surface area contributed by atoms with Crippen molar-refractivity contribution in [3.05, 3.63) is 15.1 Å². The zero-order valence-electron chi connectivity index (χ0n) is 11.1. The smallest absolute Gasteiger partial charge is 0.154 e. The normalized spacial score (nSPS) is 16.8. The Morgan fingerprint density at radius 1 is 1.32 bits per heavy atom. The second-order valence-corrected chi connectivity index (χ2v) is 8.21. The molecule has 1 fully saturated rings. The van der Waals surface area contributed by atoms with Crippen molar-refractivity contribution in [2.45, 2.75) is 37.4 Å². The molecule has 0 aliphatic heterocycles. The lowest BCUT2D eigenvalue weighted by Gasteiger charge is -2.15. The van der Waals surface area contributed by atoms with Crippen LogP contribution in [0.5, 0.6) is 0 Å². The van der Waals surface area contributed by atoms with E-state index >= 15 is 0 Å². The van der Waals surface area contributed by atoms with Gasteiger partial charge in [0.15, 0.2) is 9.84 Å². The minimum Gasteiger partial charge on any atom is -0.372 e. The van der Waals surface area contributed by atoms with E-state index in [1.165, 1.54) is 19.1 Å². The van der Waals surface area contributed by atoms with Gasteiger partial charge in [0.1, 0.15) is 17.4 Å². The Labute approximate surface area is 127 Å². The number of nitrogens with one attached hydrogen (secondary N) is 1. The van der Waals surface area contributed by atoms with Crippen LogP contribution >= 0.6 is 22.6 Å². The predicted molar refractivity (Wildman–Crippen MR) is 84.1 cm³/mol. The number of nitrogens with zero attached hydrogens (tertiary/aromatic N) is 2. The Bertz CT molecular complexity index is 569. The average Bonchev–Trinajstić information content (AvgIpc) is 2.82. The summed E-state index contributed by atoms with van der Waals surface area (Å²) in [4.78, 5) is 8.81. The minimum absolute atomic E-state index is 0.0989. The minimum atomic E-state index is -3.11. The molecular weight excluding hydrogens is 377 g/mol. The number of hydrogen-bond donors (Lipinski definition) is 1. The van der Waals surface area contributed by atoms with Crippen molar-refractivity contribution < 1.29 is 8.42 Å². The van der Waals surface area contributed by atoms with Crippen molar-refractivity contribution in [3.8, 4) is 0 Å². The highest BCUT2D eigenvalue weighted by Crippen LogP contribution is 2.36. The van der Waals surface area contributed by atoms with Crippen molar-refractivity contribution in [2.75, 3.05) is 18.6 Å². The molecule has 1 saturated carbocycles. The van der Waals surface area contributed by atoms with Crippen molar-refractivity contribution in [2.24, 2.45) is 0 Å². The van der Waals surface area contributed by atoms with Crippen molar-refractivity contribution in [1.82, 2.24) is 9.97 Å². The Balaban J connectivity index is 2.43. The first-order valence-electron chi connectivity index (χ1n) is 6.32. The van der Waals surface area contributed by atoms with Gasteiger partial charge in [0.2, 0.25) is 0 Å². The molecule has 1 aromatic heterocycles. The topological polar surface area (TPSA) is 72.0 Å². The summed E-state index contributed by atoms with van der Waals surface area (Å²) >= 11 is 2.25. The Kier molecular flexibility index (Phi) is 4.65. The van der Waals surface area contributed by atoms with E-state index in [9.17, 15) is 8.42 Å². The lowest BCUT2D eigenvalue weighted by Crippen LogP contribution is -2.12. The van der Waals surface area contributed by atoms with E-state index in [-0.39, 0.29) is 5.75 Å². The molecule has 0 aromatic carbocycles. The first kappa shape index (κ1) is 15.0. The van der Waals surface area contributed by atoms with Crippen LogP contribution in [-0.4, -0.2) is 31.7 Å². The molecule has 0 spiro atoms. The second kappa shape index (κ2) is 5.90. The molecule has 1 aliphatic carbocycles. The molecule has 19 heavy (non-hydrogen) atoms. The largest absolute Gasteiger partial charge is 0.372 e. The first-order valence-corrected chi connectivity index (χ1v) is 9.46. The van der Waals surface area contributed by atoms with Crippen LogP contribution in [0.2, 0.25) is 0 Å². The summed E-state index contributed by atoms with van der Waals surface area (Å²) in [5.41, 5.74) is 1.01. The molecule has 5 nitrogen and oxygen atoms in total. The van der Waals surface area contributed by atoms with Gasteiger partial charge in [-0.1, -0.05) is 12.8 Å².